The van der Waals surface area contributed by atoms with Gasteiger partial charge in [-0.3, -0.25) is 9.78 Å². The summed E-state index contributed by atoms with van der Waals surface area (Å²) in [4.78, 5) is 31.2. The molecule has 3 aromatic heterocycles. The number of aromatic nitrogens is 4. The van der Waals surface area contributed by atoms with Crippen LogP contribution in [0.2, 0.25) is 0 Å². The SMILES string of the molecule is COc1ccnc(-c2ccnc(Nc3ccc4[nH]c(C(=O)N(C)CC5(C)COC5)cc4c3)n2)c1. The number of pyridine rings is 1. The van der Waals surface area contributed by atoms with E-state index in [9.17, 15) is 4.79 Å². The van der Waals surface area contributed by atoms with Crippen LogP contribution in [0.3, 0.4) is 0 Å². The number of hydrogen-bond donors (Lipinski definition) is 2. The number of amides is 1. The van der Waals surface area contributed by atoms with Crippen LogP contribution in [0.15, 0.2) is 54.9 Å². The zero-order chi connectivity index (χ0) is 23.7. The molecule has 34 heavy (non-hydrogen) atoms. The summed E-state index contributed by atoms with van der Waals surface area (Å²) in [7, 11) is 3.44. The number of carbonyl (C=O) groups excluding carboxylic acids is 1. The first kappa shape index (κ1) is 21.8. The van der Waals surface area contributed by atoms with Crippen molar-refractivity contribution >= 4 is 28.4 Å². The van der Waals surface area contributed by atoms with E-state index in [1.165, 1.54) is 0 Å². The highest BCUT2D eigenvalue weighted by molar-refractivity contribution is 5.98. The van der Waals surface area contributed by atoms with Crippen LogP contribution >= 0.6 is 0 Å². The molecule has 1 aliphatic rings. The Morgan fingerprint density at radius 1 is 1.15 bits per heavy atom. The zero-order valence-electron chi connectivity index (χ0n) is 19.3. The summed E-state index contributed by atoms with van der Waals surface area (Å²) in [5.41, 5.74) is 3.66. The fraction of sp³-hybridized carbons (Fsp3) is 0.280. The molecule has 4 aromatic rings. The normalized spacial score (nSPS) is 14.4. The number of anilines is 2. The molecule has 2 N–H and O–H groups in total. The van der Waals surface area contributed by atoms with Crippen LogP contribution in [-0.4, -0.2) is 64.7 Å². The van der Waals surface area contributed by atoms with Gasteiger partial charge in [0.25, 0.3) is 5.91 Å². The molecule has 9 heteroatoms. The number of aromatic amines is 1. The van der Waals surface area contributed by atoms with Crippen molar-refractivity contribution < 1.29 is 14.3 Å². The Morgan fingerprint density at radius 2 is 1.97 bits per heavy atom. The molecule has 0 aliphatic carbocycles. The van der Waals surface area contributed by atoms with Gasteiger partial charge in [-0.2, -0.15) is 0 Å². The van der Waals surface area contributed by atoms with Gasteiger partial charge in [-0.1, -0.05) is 6.92 Å². The summed E-state index contributed by atoms with van der Waals surface area (Å²) >= 11 is 0. The first-order valence-corrected chi connectivity index (χ1v) is 11.0. The second-order valence-electron chi connectivity index (χ2n) is 8.92. The minimum Gasteiger partial charge on any atom is -0.497 e. The number of nitrogens with zero attached hydrogens (tertiary/aromatic N) is 4. The lowest BCUT2D eigenvalue weighted by Crippen LogP contribution is -2.49. The van der Waals surface area contributed by atoms with Crippen LogP contribution in [0.1, 0.15) is 17.4 Å². The maximum Gasteiger partial charge on any atom is 0.270 e. The second kappa shape index (κ2) is 8.75. The monoisotopic (exact) mass is 458 g/mol. The molecule has 0 spiro atoms. The number of benzene rings is 1. The Morgan fingerprint density at radius 3 is 2.74 bits per heavy atom. The van der Waals surface area contributed by atoms with Crippen molar-refractivity contribution in [1.82, 2.24) is 24.8 Å². The van der Waals surface area contributed by atoms with Gasteiger partial charge in [-0.05, 0) is 36.4 Å². The molecular weight excluding hydrogens is 432 g/mol. The zero-order valence-corrected chi connectivity index (χ0v) is 19.3. The van der Waals surface area contributed by atoms with Crippen molar-refractivity contribution in [3.8, 4) is 17.1 Å². The Labute approximate surface area is 197 Å². The van der Waals surface area contributed by atoms with Gasteiger partial charge in [-0.25, -0.2) is 9.97 Å². The molecule has 0 unspecified atom stereocenters. The van der Waals surface area contributed by atoms with E-state index in [0.29, 0.717) is 48.5 Å². The minimum atomic E-state index is -0.0411. The lowest BCUT2D eigenvalue weighted by atomic mass is 9.88. The molecular formula is C25H26N6O3. The molecule has 174 valence electrons. The first-order valence-electron chi connectivity index (χ1n) is 11.0. The fourth-order valence-corrected chi connectivity index (χ4v) is 4.09. The Kier molecular flexibility index (Phi) is 5.62. The molecule has 5 rings (SSSR count). The van der Waals surface area contributed by atoms with Crippen molar-refractivity contribution in [2.75, 3.05) is 39.2 Å². The number of ether oxygens (including phenoxy) is 2. The average molecular weight is 459 g/mol. The highest BCUT2D eigenvalue weighted by Gasteiger charge is 2.35. The topological polar surface area (TPSA) is 105 Å². The summed E-state index contributed by atoms with van der Waals surface area (Å²) < 4.78 is 10.6. The molecule has 1 fully saturated rings. The van der Waals surface area contributed by atoms with Crippen LogP contribution in [-0.2, 0) is 4.74 Å². The van der Waals surface area contributed by atoms with Crippen LogP contribution in [0.5, 0.6) is 5.75 Å². The Bertz CT molecular complexity index is 1350. The van der Waals surface area contributed by atoms with E-state index in [1.54, 1.807) is 36.5 Å². The maximum absolute atomic E-state index is 12.9. The number of fused-ring (bicyclic) bond motifs is 1. The number of rotatable bonds is 7. The molecule has 0 bridgehead atoms. The first-order chi connectivity index (χ1) is 16.4. The van der Waals surface area contributed by atoms with E-state index in [4.69, 9.17) is 9.47 Å². The quantitative estimate of drug-likeness (QED) is 0.433. The predicted molar refractivity (Wildman–Crippen MR) is 129 cm³/mol. The third kappa shape index (κ3) is 4.42. The molecule has 0 atom stereocenters. The number of nitrogens with one attached hydrogen (secondary N) is 2. The van der Waals surface area contributed by atoms with Gasteiger partial charge in [0.05, 0.1) is 31.7 Å². The molecule has 0 saturated carbocycles. The highest BCUT2D eigenvalue weighted by Crippen LogP contribution is 2.28. The fourth-order valence-electron chi connectivity index (χ4n) is 4.09. The molecule has 1 aromatic carbocycles. The third-order valence-corrected chi connectivity index (χ3v) is 5.86. The summed E-state index contributed by atoms with van der Waals surface area (Å²) in [6, 6.07) is 13.1. The van der Waals surface area contributed by atoms with Crippen LogP contribution in [0.4, 0.5) is 11.6 Å². The summed E-state index contributed by atoms with van der Waals surface area (Å²) in [5, 5.41) is 4.16. The number of methoxy groups -OCH3 is 1. The Balaban J connectivity index is 1.33. The second-order valence-corrected chi connectivity index (χ2v) is 8.92. The molecule has 1 amide bonds. The minimum absolute atomic E-state index is 0.0302. The van der Waals surface area contributed by atoms with Crippen molar-refractivity contribution in [2.24, 2.45) is 5.41 Å². The van der Waals surface area contributed by atoms with E-state index in [0.717, 1.165) is 16.6 Å². The number of hydrogen-bond acceptors (Lipinski definition) is 7. The standard InChI is InChI=1S/C25H26N6O3/c1-25(14-34-15-25)13-31(2)23(32)22-11-16-10-17(4-5-19(16)29-22)28-24-27-9-7-20(30-24)21-12-18(33-3)6-8-26-21/h4-12,29H,13-15H2,1-3H3,(H,27,28,30). The van der Waals surface area contributed by atoms with E-state index < -0.39 is 0 Å². The lowest BCUT2D eigenvalue weighted by molar-refractivity contribution is -0.109. The number of carbonyl (C=O) groups is 1. The molecule has 9 nitrogen and oxygen atoms in total. The van der Waals surface area contributed by atoms with Gasteiger partial charge in [0.1, 0.15) is 11.4 Å². The molecule has 0 radical (unpaired) electrons. The van der Waals surface area contributed by atoms with Crippen LogP contribution in [0, 0.1) is 5.41 Å². The van der Waals surface area contributed by atoms with Gasteiger partial charge in [0.2, 0.25) is 5.95 Å². The van der Waals surface area contributed by atoms with Crippen molar-refractivity contribution in [1.29, 1.82) is 0 Å². The van der Waals surface area contributed by atoms with Crippen LogP contribution < -0.4 is 10.1 Å². The van der Waals surface area contributed by atoms with Gasteiger partial charge in [-0.15, -0.1) is 0 Å². The third-order valence-electron chi connectivity index (χ3n) is 5.86. The number of H-pyrrole nitrogens is 1. The largest absolute Gasteiger partial charge is 0.497 e. The van der Waals surface area contributed by atoms with Crippen LogP contribution in [0.25, 0.3) is 22.3 Å². The summed E-state index contributed by atoms with van der Waals surface area (Å²) in [6.07, 6.45) is 3.36. The summed E-state index contributed by atoms with van der Waals surface area (Å²) in [5.74, 6) is 1.12. The van der Waals surface area contributed by atoms with Gasteiger partial charge >= 0.3 is 0 Å². The van der Waals surface area contributed by atoms with E-state index >= 15 is 0 Å². The van der Waals surface area contributed by atoms with Crippen molar-refractivity contribution in [3.05, 3.63) is 60.6 Å². The smallest absolute Gasteiger partial charge is 0.270 e. The molecule has 4 heterocycles. The molecule has 1 aliphatic heterocycles. The highest BCUT2D eigenvalue weighted by atomic mass is 16.5. The van der Waals surface area contributed by atoms with Gasteiger partial charge in [0.15, 0.2) is 0 Å². The lowest BCUT2D eigenvalue weighted by Gasteiger charge is -2.40. The summed E-state index contributed by atoms with van der Waals surface area (Å²) in [6.45, 7) is 4.15. The van der Waals surface area contributed by atoms with E-state index in [2.05, 4.69) is 32.2 Å². The van der Waals surface area contributed by atoms with Gasteiger partial charge in [0, 0.05) is 54.1 Å². The van der Waals surface area contributed by atoms with Crippen molar-refractivity contribution in [3.63, 3.8) is 0 Å². The molecule has 1 saturated heterocycles. The maximum atomic E-state index is 12.9. The average Bonchev–Trinajstić information content (AvgIpc) is 3.26. The van der Waals surface area contributed by atoms with Crippen molar-refractivity contribution in [2.45, 2.75) is 6.92 Å². The predicted octanol–water partition coefficient (Wildman–Crippen LogP) is 3.88. The van der Waals surface area contributed by atoms with Gasteiger partial charge < -0.3 is 24.7 Å². The van der Waals surface area contributed by atoms with E-state index in [-0.39, 0.29) is 11.3 Å². The van der Waals surface area contributed by atoms with E-state index in [1.807, 2.05) is 37.4 Å². The Hall–Kier alpha value is -3.98.